The van der Waals surface area contributed by atoms with Gasteiger partial charge in [0, 0.05) is 23.7 Å². The molecule has 2 N–H and O–H groups in total. The molecule has 3 aromatic carbocycles. The number of methoxy groups -OCH3 is 1. The average Bonchev–Trinajstić information content (AvgIpc) is 3.20. The molecule has 0 spiro atoms. The number of aromatic amines is 1. The molecule has 7 nitrogen and oxygen atoms in total. The molecule has 32 heavy (non-hydrogen) atoms. The van der Waals surface area contributed by atoms with E-state index in [1.54, 1.807) is 31.5 Å². The first-order chi connectivity index (χ1) is 15.6. The Hall–Kier alpha value is -4.39. The van der Waals surface area contributed by atoms with E-state index in [4.69, 9.17) is 4.74 Å². The molecule has 0 saturated carbocycles. The second-order valence-corrected chi connectivity index (χ2v) is 7.40. The minimum Gasteiger partial charge on any atom is -0.497 e. The van der Waals surface area contributed by atoms with Gasteiger partial charge in [-0.05, 0) is 48.0 Å². The average molecular weight is 424 g/mol. The van der Waals surface area contributed by atoms with Crippen molar-refractivity contribution in [1.82, 2.24) is 20.1 Å². The van der Waals surface area contributed by atoms with Crippen LogP contribution in [-0.4, -0.2) is 27.8 Å². The topological polar surface area (TPSA) is 89.0 Å². The van der Waals surface area contributed by atoms with Crippen LogP contribution in [0.15, 0.2) is 83.8 Å². The van der Waals surface area contributed by atoms with E-state index in [2.05, 4.69) is 15.4 Å². The minimum atomic E-state index is -0.204. The van der Waals surface area contributed by atoms with E-state index in [0.29, 0.717) is 33.9 Å². The van der Waals surface area contributed by atoms with Crippen LogP contribution in [0.4, 0.5) is 0 Å². The van der Waals surface area contributed by atoms with Gasteiger partial charge in [-0.25, -0.2) is 4.68 Å². The van der Waals surface area contributed by atoms with Crippen LogP contribution < -0.4 is 15.6 Å². The summed E-state index contributed by atoms with van der Waals surface area (Å²) >= 11 is 0. The quantitative estimate of drug-likeness (QED) is 0.449. The molecule has 0 aliphatic carbocycles. The minimum absolute atomic E-state index is 0.185. The fourth-order valence-electron chi connectivity index (χ4n) is 3.69. The van der Waals surface area contributed by atoms with Crippen molar-refractivity contribution in [2.75, 3.05) is 7.11 Å². The Labute approximate surface area is 183 Å². The molecule has 0 aliphatic heterocycles. The lowest BCUT2D eigenvalue weighted by Crippen LogP contribution is -2.22. The van der Waals surface area contributed by atoms with Crippen LogP contribution in [0.2, 0.25) is 0 Å². The summed E-state index contributed by atoms with van der Waals surface area (Å²) in [6, 6.07) is 22.1. The highest BCUT2D eigenvalue weighted by molar-refractivity contribution is 6.06. The van der Waals surface area contributed by atoms with Gasteiger partial charge in [-0.2, -0.15) is 0 Å². The SMILES string of the molecule is COc1ccc(CNC(=O)c2ccc3ncc4c(=O)n(-c5ccccc5)[nH]c4c3c2)cc1. The Morgan fingerprint density at radius 2 is 1.81 bits per heavy atom. The predicted molar refractivity (Wildman–Crippen MR) is 123 cm³/mol. The van der Waals surface area contributed by atoms with Gasteiger partial charge in [-0.15, -0.1) is 0 Å². The van der Waals surface area contributed by atoms with Crippen molar-refractivity contribution in [3.8, 4) is 11.4 Å². The van der Waals surface area contributed by atoms with E-state index >= 15 is 0 Å². The molecule has 0 atom stereocenters. The van der Waals surface area contributed by atoms with Gasteiger partial charge in [0.2, 0.25) is 0 Å². The van der Waals surface area contributed by atoms with Crippen molar-refractivity contribution in [1.29, 1.82) is 0 Å². The van der Waals surface area contributed by atoms with Crippen molar-refractivity contribution in [3.63, 3.8) is 0 Å². The molecule has 5 rings (SSSR count). The number of pyridine rings is 1. The monoisotopic (exact) mass is 424 g/mol. The second kappa shape index (κ2) is 8.03. The molecule has 2 heterocycles. The van der Waals surface area contributed by atoms with E-state index in [9.17, 15) is 9.59 Å². The van der Waals surface area contributed by atoms with Crippen molar-refractivity contribution in [2.45, 2.75) is 6.54 Å². The summed E-state index contributed by atoms with van der Waals surface area (Å²) in [5.41, 5.74) is 3.35. The molecule has 7 heteroatoms. The van der Waals surface area contributed by atoms with Crippen molar-refractivity contribution < 1.29 is 9.53 Å². The lowest BCUT2D eigenvalue weighted by atomic mass is 10.1. The summed E-state index contributed by atoms with van der Waals surface area (Å²) in [5, 5.41) is 7.29. The van der Waals surface area contributed by atoms with Crippen molar-refractivity contribution in [3.05, 3.63) is 100 Å². The van der Waals surface area contributed by atoms with E-state index in [1.807, 2.05) is 54.6 Å². The summed E-state index contributed by atoms with van der Waals surface area (Å²) in [6.07, 6.45) is 1.57. The van der Waals surface area contributed by atoms with Crippen LogP contribution >= 0.6 is 0 Å². The lowest BCUT2D eigenvalue weighted by Gasteiger charge is -2.07. The lowest BCUT2D eigenvalue weighted by molar-refractivity contribution is 0.0951. The molecule has 0 aliphatic rings. The molecule has 158 valence electrons. The molecular weight excluding hydrogens is 404 g/mol. The number of nitrogens with one attached hydrogen (secondary N) is 2. The summed E-state index contributed by atoms with van der Waals surface area (Å²) in [6.45, 7) is 0.393. The number of carbonyl (C=O) groups is 1. The van der Waals surface area contributed by atoms with E-state index in [1.165, 1.54) is 4.68 Å². The molecule has 5 aromatic rings. The third-order valence-electron chi connectivity index (χ3n) is 5.41. The molecule has 0 fully saturated rings. The Kier molecular flexibility index (Phi) is 4.91. The Balaban J connectivity index is 1.48. The number of nitrogens with zero attached hydrogens (tertiary/aromatic N) is 2. The zero-order valence-electron chi connectivity index (χ0n) is 17.3. The summed E-state index contributed by atoms with van der Waals surface area (Å²) in [7, 11) is 1.61. The van der Waals surface area contributed by atoms with Crippen LogP contribution in [0.25, 0.3) is 27.5 Å². The van der Waals surface area contributed by atoms with Crippen LogP contribution in [-0.2, 0) is 6.54 Å². The highest BCUT2D eigenvalue weighted by atomic mass is 16.5. The van der Waals surface area contributed by atoms with E-state index in [0.717, 1.165) is 17.0 Å². The van der Waals surface area contributed by atoms with Gasteiger partial charge in [0.1, 0.15) is 5.75 Å². The third kappa shape index (κ3) is 3.50. The standard InChI is InChI=1S/C25H20N4O3/c1-32-19-10-7-16(8-11-19)14-27-24(30)17-9-12-22-20(13-17)23-21(15-26-22)25(31)29(28-23)18-5-3-2-4-6-18/h2-13,15,28H,14H2,1H3,(H,27,30). The molecule has 1 amide bonds. The maximum absolute atomic E-state index is 12.9. The van der Waals surface area contributed by atoms with Gasteiger partial charge in [0.15, 0.2) is 0 Å². The second-order valence-electron chi connectivity index (χ2n) is 7.40. The normalized spacial score (nSPS) is 11.0. The summed E-state index contributed by atoms with van der Waals surface area (Å²) in [5.74, 6) is 0.562. The predicted octanol–water partition coefficient (Wildman–Crippen LogP) is 3.81. The van der Waals surface area contributed by atoms with Crippen LogP contribution in [0.3, 0.4) is 0 Å². The maximum atomic E-state index is 12.9. The number of amides is 1. The third-order valence-corrected chi connectivity index (χ3v) is 5.41. The molecule has 2 aromatic heterocycles. The highest BCUT2D eigenvalue weighted by Gasteiger charge is 2.14. The van der Waals surface area contributed by atoms with Gasteiger partial charge in [-0.3, -0.25) is 19.7 Å². The zero-order chi connectivity index (χ0) is 22.1. The molecular formula is C25H20N4O3. The fourth-order valence-corrected chi connectivity index (χ4v) is 3.69. The number of benzene rings is 3. The number of carbonyl (C=O) groups excluding carboxylic acids is 1. The van der Waals surface area contributed by atoms with Gasteiger partial charge < -0.3 is 10.1 Å². The largest absolute Gasteiger partial charge is 0.497 e. The summed E-state index contributed by atoms with van der Waals surface area (Å²) < 4.78 is 6.65. The number of para-hydroxylation sites is 1. The van der Waals surface area contributed by atoms with E-state index in [-0.39, 0.29) is 11.5 Å². The molecule has 0 unspecified atom stereocenters. The van der Waals surface area contributed by atoms with E-state index < -0.39 is 0 Å². The number of aromatic nitrogens is 3. The van der Waals surface area contributed by atoms with Gasteiger partial charge >= 0.3 is 0 Å². The number of ether oxygens (including phenoxy) is 1. The first kappa shape index (κ1) is 19.6. The Morgan fingerprint density at radius 1 is 1.03 bits per heavy atom. The first-order valence-corrected chi connectivity index (χ1v) is 10.1. The number of hydrogen-bond donors (Lipinski definition) is 2. The van der Waals surface area contributed by atoms with Crippen molar-refractivity contribution in [2.24, 2.45) is 0 Å². The molecule has 0 bridgehead atoms. The van der Waals surface area contributed by atoms with Gasteiger partial charge in [0.05, 0.1) is 29.2 Å². The summed E-state index contributed by atoms with van der Waals surface area (Å²) in [4.78, 5) is 30.1. The first-order valence-electron chi connectivity index (χ1n) is 10.1. The number of hydrogen-bond acceptors (Lipinski definition) is 4. The van der Waals surface area contributed by atoms with Gasteiger partial charge in [0.25, 0.3) is 11.5 Å². The van der Waals surface area contributed by atoms with Gasteiger partial charge in [-0.1, -0.05) is 30.3 Å². The highest BCUT2D eigenvalue weighted by Crippen LogP contribution is 2.22. The number of rotatable bonds is 5. The number of H-pyrrole nitrogens is 1. The van der Waals surface area contributed by atoms with Crippen LogP contribution in [0.1, 0.15) is 15.9 Å². The zero-order valence-corrected chi connectivity index (χ0v) is 17.3. The smallest absolute Gasteiger partial charge is 0.280 e. The molecule has 0 saturated heterocycles. The van der Waals surface area contributed by atoms with Crippen LogP contribution in [0.5, 0.6) is 5.75 Å². The fraction of sp³-hybridized carbons (Fsp3) is 0.0800. The van der Waals surface area contributed by atoms with Crippen molar-refractivity contribution >= 4 is 27.7 Å². The Bertz CT molecular complexity index is 1490. The van der Waals surface area contributed by atoms with Crippen LogP contribution in [0, 0.1) is 0 Å². The number of fused-ring (bicyclic) bond motifs is 3. The maximum Gasteiger partial charge on any atom is 0.280 e. The Morgan fingerprint density at radius 3 is 2.56 bits per heavy atom. The molecule has 0 radical (unpaired) electrons.